The third-order valence-corrected chi connectivity index (χ3v) is 3.03. The van der Waals surface area contributed by atoms with Gasteiger partial charge in [-0.05, 0) is 19.2 Å². The van der Waals surface area contributed by atoms with Crippen molar-refractivity contribution >= 4 is 11.6 Å². The summed E-state index contributed by atoms with van der Waals surface area (Å²) in [7, 11) is 3.48. The SMILES string of the molecule is CNCc1cc(Cl)cc(OC)c1OCCn1cccn1. The quantitative estimate of drug-likeness (QED) is 0.852. The Balaban J connectivity index is 2.11. The highest BCUT2D eigenvalue weighted by molar-refractivity contribution is 6.30. The normalized spacial score (nSPS) is 10.6. The Morgan fingerprint density at radius 2 is 2.25 bits per heavy atom. The number of halogens is 1. The number of nitrogens with one attached hydrogen (secondary N) is 1. The van der Waals surface area contributed by atoms with E-state index in [-0.39, 0.29) is 0 Å². The molecule has 0 aliphatic rings. The molecule has 0 radical (unpaired) electrons. The summed E-state index contributed by atoms with van der Waals surface area (Å²) >= 11 is 6.07. The van der Waals surface area contributed by atoms with Gasteiger partial charge in [-0.3, -0.25) is 4.68 Å². The Morgan fingerprint density at radius 3 is 2.90 bits per heavy atom. The summed E-state index contributed by atoms with van der Waals surface area (Å²) in [5.41, 5.74) is 0.970. The van der Waals surface area contributed by atoms with E-state index in [0.29, 0.717) is 30.5 Å². The van der Waals surface area contributed by atoms with E-state index in [9.17, 15) is 0 Å². The third kappa shape index (κ3) is 3.65. The number of hydrogen-bond donors (Lipinski definition) is 1. The number of methoxy groups -OCH3 is 1. The van der Waals surface area contributed by atoms with Crippen LogP contribution in [0.1, 0.15) is 5.56 Å². The van der Waals surface area contributed by atoms with Crippen molar-refractivity contribution in [3.8, 4) is 11.5 Å². The first-order valence-corrected chi connectivity index (χ1v) is 6.73. The predicted octanol–water partition coefficient (Wildman–Crippen LogP) is 2.34. The highest BCUT2D eigenvalue weighted by Gasteiger charge is 2.12. The summed E-state index contributed by atoms with van der Waals surface area (Å²) < 4.78 is 13.0. The Morgan fingerprint density at radius 1 is 1.40 bits per heavy atom. The first-order chi connectivity index (χ1) is 9.74. The van der Waals surface area contributed by atoms with E-state index in [1.54, 1.807) is 19.4 Å². The molecule has 0 atom stereocenters. The van der Waals surface area contributed by atoms with Gasteiger partial charge in [0.1, 0.15) is 6.61 Å². The predicted molar refractivity (Wildman–Crippen MR) is 78.5 cm³/mol. The monoisotopic (exact) mass is 295 g/mol. The summed E-state index contributed by atoms with van der Waals surface area (Å²) in [6.07, 6.45) is 3.65. The van der Waals surface area contributed by atoms with Crippen LogP contribution in [0.15, 0.2) is 30.6 Å². The number of ether oxygens (including phenoxy) is 2. The van der Waals surface area contributed by atoms with Gasteiger partial charge in [0.05, 0.1) is 13.7 Å². The molecule has 0 aliphatic heterocycles. The summed E-state index contributed by atoms with van der Waals surface area (Å²) in [4.78, 5) is 0. The average molecular weight is 296 g/mol. The van der Waals surface area contributed by atoms with Crippen molar-refractivity contribution in [3.63, 3.8) is 0 Å². The van der Waals surface area contributed by atoms with Crippen molar-refractivity contribution in [2.24, 2.45) is 0 Å². The third-order valence-electron chi connectivity index (χ3n) is 2.81. The first kappa shape index (κ1) is 14.7. The van der Waals surface area contributed by atoms with E-state index in [4.69, 9.17) is 21.1 Å². The van der Waals surface area contributed by atoms with Crippen LogP contribution in [-0.4, -0.2) is 30.5 Å². The zero-order chi connectivity index (χ0) is 14.4. The standard InChI is InChI=1S/C14H18ClN3O2/c1-16-10-11-8-12(15)9-13(19-2)14(11)20-7-6-18-5-3-4-17-18/h3-5,8-9,16H,6-7,10H2,1-2H3. The van der Waals surface area contributed by atoms with Crippen molar-refractivity contribution in [3.05, 3.63) is 41.2 Å². The summed E-state index contributed by atoms with van der Waals surface area (Å²) in [6.45, 7) is 1.85. The van der Waals surface area contributed by atoms with Gasteiger partial charge >= 0.3 is 0 Å². The smallest absolute Gasteiger partial charge is 0.165 e. The molecular formula is C14H18ClN3O2. The molecule has 1 heterocycles. The van der Waals surface area contributed by atoms with E-state index in [1.165, 1.54) is 0 Å². The second-order valence-electron chi connectivity index (χ2n) is 4.24. The maximum absolute atomic E-state index is 6.07. The minimum absolute atomic E-state index is 0.510. The molecule has 20 heavy (non-hydrogen) atoms. The molecule has 108 valence electrons. The molecule has 0 saturated carbocycles. The van der Waals surface area contributed by atoms with Gasteiger partial charge in [0.15, 0.2) is 11.5 Å². The Labute approximate surface area is 123 Å². The molecule has 0 fully saturated rings. The molecule has 0 unspecified atom stereocenters. The van der Waals surface area contributed by atoms with Crippen LogP contribution in [-0.2, 0) is 13.1 Å². The summed E-state index contributed by atoms with van der Waals surface area (Å²) in [5, 5.41) is 7.86. The van der Waals surface area contributed by atoms with Crippen molar-refractivity contribution in [2.45, 2.75) is 13.1 Å². The number of rotatable bonds is 7. The van der Waals surface area contributed by atoms with E-state index in [1.807, 2.05) is 30.1 Å². The van der Waals surface area contributed by atoms with Crippen LogP contribution in [0.5, 0.6) is 11.5 Å². The molecular weight excluding hydrogens is 278 g/mol. The average Bonchev–Trinajstić information content (AvgIpc) is 2.94. The lowest BCUT2D eigenvalue weighted by atomic mass is 10.2. The van der Waals surface area contributed by atoms with Crippen LogP contribution in [0.2, 0.25) is 5.02 Å². The minimum Gasteiger partial charge on any atom is -0.493 e. The molecule has 0 amide bonds. The van der Waals surface area contributed by atoms with Crippen LogP contribution >= 0.6 is 11.6 Å². The van der Waals surface area contributed by atoms with Crippen LogP contribution in [0.3, 0.4) is 0 Å². The van der Waals surface area contributed by atoms with Gasteiger partial charge in [-0.25, -0.2) is 0 Å². The van der Waals surface area contributed by atoms with Crippen LogP contribution < -0.4 is 14.8 Å². The maximum atomic E-state index is 6.07. The first-order valence-electron chi connectivity index (χ1n) is 6.36. The number of hydrogen-bond acceptors (Lipinski definition) is 4. The maximum Gasteiger partial charge on any atom is 0.165 e. The number of nitrogens with zero attached hydrogens (tertiary/aromatic N) is 2. The van der Waals surface area contributed by atoms with Crippen LogP contribution in [0, 0.1) is 0 Å². The van der Waals surface area contributed by atoms with Gasteiger partial charge in [-0.1, -0.05) is 11.6 Å². The molecule has 5 nitrogen and oxygen atoms in total. The summed E-state index contributed by atoms with van der Waals surface area (Å²) in [6, 6.07) is 5.52. The van der Waals surface area contributed by atoms with Crippen LogP contribution in [0.25, 0.3) is 0 Å². The number of benzene rings is 1. The Kier molecular flexibility index (Phi) is 5.26. The molecule has 1 aromatic heterocycles. The lowest BCUT2D eigenvalue weighted by Gasteiger charge is -2.15. The largest absolute Gasteiger partial charge is 0.493 e. The van der Waals surface area contributed by atoms with E-state index >= 15 is 0 Å². The van der Waals surface area contributed by atoms with Crippen molar-refractivity contribution < 1.29 is 9.47 Å². The second kappa shape index (κ2) is 7.17. The lowest BCUT2D eigenvalue weighted by molar-refractivity contribution is 0.271. The molecule has 2 aromatic rings. The molecule has 1 N–H and O–H groups in total. The number of aromatic nitrogens is 2. The van der Waals surface area contributed by atoms with Gasteiger partial charge in [0.25, 0.3) is 0 Å². The summed E-state index contributed by atoms with van der Waals surface area (Å²) in [5.74, 6) is 1.36. The highest BCUT2D eigenvalue weighted by Crippen LogP contribution is 2.34. The molecule has 1 aromatic carbocycles. The van der Waals surface area contributed by atoms with E-state index in [0.717, 1.165) is 11.3 Å². The lowest BCUT2D eigenvalue weighted by Crippen LogP contribution is -2.12. The van der Waals surface area contributed by atoms with E-state index < -0.39 is 0 Å². The van der Waals surface area contributed by atoms with Crippen molar-refractivity contribution in [2.75, 3.05) is 20.8 Å². The van der Waals surface area contributed by atoms with Crippen molar-refractivity contribution in [1.29, 1.82) is 0 Å². The molecule has 0 bridgehead atoms. The molecule has 2 rings (SSSR count). The van der Waals surface area contributed by atoms with Gasteiger partial charge < -0.3 is 14.8 Å². The fourth-order valence-corrected chi connectivity index (χ4v) is 2.16. The zero-order valence-electron chi connectivity index (χ0n) is 11.6. The molecule has 0 saturated heterocycles. The van der Waals surface area contributed by atoms with Gasteiger partial charge in [-0.2, -0.15) is 5.10 Å². The van der Waals surface area contributed by atoms with E-state index in [2.05, 4.69) is 10.4 Å². The second-order valence-corrected chi connectivity index (χ2v) is 4.68. The van der Waals surface area contributed by atoms with Crippen molar-refractivity contribution in [1.82, 2.24) is 15.1 Å². The fourth-order valence-electron chi connectivity index (χ4n) is 1.93. The topological polar surface area (TPSA) is 48.3 Å². The Hall–Kier alpha value is -1.72. The van der Waals surface area contributed by atoms with Crippen LogP contribution in [0.4, 0.5) is 0 Å². The fraction of sp³-hybridized carbons (Fsp3) is 0.357. The molecule has 6 heteroatoms. The van der Waals surface area contributed by atoms with Gasteiger partial charge in [0, 0.05) is 35.6 Å². The van der Waals surface area contributed by atoms with Gasteiger partial charge in [-0.15, -0.1) is 0 Å². The molecule has 0 spiro atoms. The Bertz CT molecular complexity index is 544. The van der Waals surface area contributed by atoms with Gasteiger partial charge in [0.2, 0.25) is 0 Å². The zero-order valence-corrected chi connectivity index (χ0v) is 12.4. The minimum atomic E-state index is 0.510. The molecule has 0 aliphatic carbocycles. The highest BCUT2D eigenvalue weighted by atomic mass is 35.5.